The summed E-state index contributed by atoms with van der Waals surface area (Å²) in [6.07, 6.45) is -8.23. The van der Waals surface area contributed by atoms with Crippen LogP contribution in [0.25, 0.3) is 5.65 Å². The number of imidazole rings is 1. The molecule has 1 aliphatic rings. The molecule has 0 unspecified atom stereocenters. The maximum absolute atomic E-state index is 14.9. The minimum absolute atomic E-state index is 0.0172. The van der Waals surface area contributed by atoms with Gasteiger partial charge in [0.25, 0.3) is 0 Å². The predicted molar refractivity (Wildman–Crippen MR) is 113 cm³/mol. The molecule has 4 rings (SSSR count). The van der Waals surface area contributed by atoms with Crippen LogP contribution < -0.4 is 10.6 Å². The largest absolute Gasteiger partial charge is 0.522 e. The Hall–Kier alpha value is -3.97. The summed E-state index contributed by atoms with van der Waals surface area (Å²) in [6.45, 7) is 2.46. The summed E-state index contributed by atoms with van der Waals surface area (Å²) in [4.78, 5) is 19.9. The van der Waals surface area contributed by atoms with Crippen molar-refractivity contribution in [1.82, 2.24) is 29.9 Å². The van der Waals surface area contributed by atoms with Gasteiger partial charge in [0.05, 0.1) is 24.6 Å². The summed E-state index contributed by atoms with van der Waals surface area (Å²) >= 11 is 0. The second-order valence-electron chi connectivity index (χ2n) is 8.05. The number of nitriles is 1. The summed E-state index contributed by atoms with van der Waals surface area (Å²) in [6, 6.07) is 4.36. The number of nitrogens with one attached hydrogen (secondary N) is 3. The molecule has 4 heterocycles. The highest BCUT2D eigenvalue weighted by Gasteiger charge is 2.42. The molecule has 16 heteroatoms. The molecule has 0 spiro atoms. The SMILES string of the molecule is CC(C)NC(=O)O[C@H]1CO[C@@H](c2cc(Nc3nc(C#N)cc4nc(COC(F)(F)F)cn34)n[nH]2)[C@@H]1F. The lowest BCUT2D eigenvalue weighted by Crippen LogP contribution is -2.36. The van der Waals surface area contributed by atoms with Gasteiger partial charge in [-0.15, -0.1) is 13.2 Å². The highest BCUT2D eigenvalue weighted by molar-refractivity contribution is 5.67. The quantitative estimate of drug-likeness (QED) is 0.406. The van der Waals surface area contributed by atoms with Crippen molar-refractivity contribution in [2.24, 2.45) is 0 Å². The Morgan fingerprint density at radius 3 is 2.86 bits per heavy atom. The van der Waals surface area contributed by atoms with Crippen LogP contribution in [0, 0.1) is 11.3 Å². The molecule has 36 heavy (non-hydrogen) atoms. The predicted octanol–water partition coefficient (Wildman–Crippen LogP) is 3.02. The number of nitrogens with zero attached hydrogens (tertiary/aromatic N) is 5. The highest BCUT2D eigenvalue weighted by Crippen LogP contribution is 2.33. The Kier molecular flexibility index (Phi) is 6.95. The van der Waals surface area contributed by atoms with Crippen molar-refractivity contribution in [3.05, 3.63) is 35.4 Å². The number of aromatic nitrogens is 5. The first-order chi connectivity index (χ1) is 17.0. The van der Waals surface area contributed by atoms with Gasteiger partial charge < -0.3 is 20.1 Å². The number of aromatic amines is 1. The fraction of sp³-hybridized carbons (Fsp3) is 0.450. The third kappa shape index (κ3) is 5.80. The number of rotatable bonds is 7. The lowest BCUT2D eigenvalue weighted by Gasteiger charge is -2.16. The van der Waals surface area contributed by atoms with E-state index in [-0.39, 0.29) is 47.1 Å². The van der Waals surface area contributed by atoms with Gasteiger partial charge in [-0.3, -0.25) is 14.2 Å². The topological polar surface area (TPSA) is 151 Å². The van der Waals surface area contributed by atoms with Crippen molar-refractivity contribution in [2.45, 2.75) is 51.2 Å². The van der Waals surface area contributed by atoms with E-state index >= 15 is 0 Å². The van der Waals surface area contributed by atoms with Gasteiger partial charge in [-0.2, -0.15) is 10.4 Å². The summed E-state index contributed by atoms with van der Waals surface area (Å²) in [5, 5.41) is 21.2. The van der Waals surface area contributed by atoms with Gasteiger partial charge in [-0.1, -0.05) is 0 Å². The molecule has 192 valence electrons. The Morgan fingerprint density at radius 1 is 1.39 bits per heavy atom. The van der Waals surface area contributed by atoms with Crippen LogP contribution in [0.4, 0.5) is 34.1 Å². The van der Waals surface area contributed by atoms with Crippen molar-refractivity contribution in [2.75, 3.05) is 11.9 Å². The van der Waals surface area contributed by atoms with E-state index in [4.69, 9.17) is 9.47 Å². The van der Waals surface area contributed by atoms with Crippen LogP contribution >= 0.6 is 0 Å². The van der Waals surface area contributed by atoms with Crippen LogP contribution in [0.5, 0.6) is 0 Å². The lowest BCUT2D eigenvalue weighted by molar-refractivity contribution is -0.330. The van der Waals surface area contributed by atoms with Crippen LogP contribution in [0.3, 0.4) is 0 Å². The van der Waals surface area contributed by atoms with Gasteiger partial charge >= 0.3 is 12.5 Å². The zero-order valence-corrected chi connectivity index (χ0v) is 18.8. The number of halogens is 4. The maximum Gasteiger partial charge on any atom is 0.522 e. The number of carbonyl (C=O) groups is 1. The van der Waals surface area contributed by atoms with E-state index < -0.39 is 37.4 Å². The van der Waals surface area contributed by atoms with Gasteiger partial charge in [0.1, 0.15) is 23.5 Å². The first-order valence-electron chi connectivity index (χ1n) is 10.6. The number of hydrogen-bond donors (Lipinski definition) is 3. The van der Waals surface area contributed by atoms with E-state index in [0.717, 1.165) is 0 Å². The number of fused-ring (bicyclic) bond motifs is 1. The van der Waals surface area contributed by atoms with E-state index in [1.54, 1.807) is 13.8 Å². The van der Waals surface area contributed by atoms with Crippen LogP contribution in [-0.2, 0) is 20.8 Å². The van der Waals surface area contributed by atoms with E-state index in [0.29, 0.717) is 0 Å². The average Bonchev–Trinajstić information content (AvgIpc) is 3.50. The molecule has 3 aromatic rings. The fourth-order valence-corrected chi connectivity index (χ4v) is 3.42. The van der Waals surface area contributed by atoms with Gasteiger partial charge in [-0.05, 0) is 13.8 Å². The molecule has 3 aromatic heterocycles. The third-order valence-corrected chi connectivity index (χ3v) is 4.90. The standard InChI is InChI=1S/C20H20F4N8O4/c1-9(2)26-19(33)36-13-8-34-17(16(13)21)12-4-14(31-30-12)29-18-28-10(5-25)3-15-27-11(6-32(15)18)7-35-20(22,23)24/h3-4,6,9,13,16-17H,7-8H2,1-2H3,(H,26,33)(H2,28,29,30,31)/t13-,16+,17-/m0/s1. The molecule has 1 fully saturated rings. The van der Waals surface area contributed by atoms with Crippen molar-refractivity contribution >= 4 is 23.5 Å². The molecule has 1 amide bonds. The van der Waals surface area contributed by atoms with Crippen molar-refractivity contribution < 1.29 is 36.6 Å². The molecule has 3 N–H and O–H groups in total. The smallest absolute Gasteiger partial charge is 0.441 e. The second-order valence-corrected chi connectivity index (χ2v) is 8.05. The first-order valence-corrected chi connectivity index (χ1v) is 10.6. The second kappa shape index (κ2) is 9.95. The normalized spacial score (nSPS) is 20.0. The summed E-state index contributed by atoms with van der Waals surface area (Å²) in [5.74, 6) is 0.164. The third-order valence-electron chi connectivity index (χ3n) is 4.90. The molecule has 0 saturated carbocycles. The van der Waals surface area contributed by atoms with Crippen LogP contribution in [-0.4, -0.2) is 61.9 Å². The van der Waals surface area contributed by atoms with Crippen molar-refractivity contribution in [1.29, 1.82) is 5.26 Å². The Balaban J connectivity index is 1.49. The zero-order chi connectivity index (χ0) is 26.0. The van der Waals surface area contributed by atoms with Gasteiger partial charge in [0, 0.05) is 24.4 Å². The molecule has 0 radical (unpaired) electrons. The molecule has 0 aliphatic carbocycles. The number of carbonyl (C=O) groups excluding carboxylic acids is 1. The van der Waals surface area contributed by atoms with Crippen LogP contribution in [0.15, 0.2) is 18.3 Å². The van der Waals surface area contributed by atoms with E-state index in [1.165, 1.54) is 22.7 Å². The van der Waals surface area contributed by atoms with E-state index in [2.05, 4.69) is 35.5 Å². The average molecular weight is 512 g/mol. The Bertz CT molecular complexity index is 1280. The first kappa shape index (κ1) is 25.1. The number of amides is 1. The molecule has 1 saturated heterocycles. The van der Waals surface area contributed by atoms with E-state index in [1.807, 2.05) is 6.07 Å². The van der Waals surface area contributed by atoms with Gasteiger partial charge in [0.15, 0.2) is 18.1 Å². The molecule has 12 nitrogen and oxygen atoms in total. The summed E-state index contributed by atoms with van der Waals surface area (Å²) in [7, 11) is 0. The van der Waals surface area contributed by atoms with Crippen molar-refractivity contribution in [3.8, 4) is 6.07 Å². The molecule has 3 atom stereocenters. The Morgan fingerprint density at radius 2 is 2.17 bits per heavy atom. The van der Waals surface area contributed by atoms with E-state index in [9.17, 15) is 27.6 Å². The number of ether oxygens (including phenoxy) is 3. The molecule has 0 bridgehead atoms. The lowest BCUT2D eigenvalue weighted by atomic mass is 10.1. The monoisotopic (exact) mass is 512 g/mol. The molecular formula is C20H20F4N8O4. The molecule has 0 aromatic carbocycles. The van der Waals surface area contributed by atoms with Crippen molar-refractivity contribution in [3.63, 3.8) is 0 Å². The minimum Gasteiger partial charge on any atom is -0.441 e. The summed E-state index contributed by atoms with van der Waals surface area (Å²) in [5.41, 5.74) is 0.264. The zero-order valence-electron chi connectivity index (χ0n) is 18.8. The van der Waals surface area contributed by atoms with Gasteiger partial charge in [0.2, 0.25) is 5.95 Å². The van der Waals surface area contributed by atoms with Crippen LogP contribution in [0.1, 0.15) is 37.0 Å². The molecular weight excluding hydrogens is 492 g/mol. The number of hydrogen-bond acceptors (Lipinski definition) is 9. The van der Waals surface area contributed by atoms with Gasteiger partial charge in [-0.25, -0.2) is 19.2 Å². The van der Waals surface area contributed by atoms with Crippen LogP contribution in [0.2, 0.25) is 0 Å². The minimum atomic E-state index is -4.84. The molecule has 1 aliphatic heterocycles. The highest BCUT2D eigenvalue weighted by atomic mass is 19.4. The number of H-pyrrole nitrogens is 1. The number of alkyl carbamates (subject to hydrolysis) is 1. The maximum atomic E-state index is 14.9. The summed E-state index contributed by atoms with van der Waals surface area (Å²) < 4.78 is 67.6. The fourth-order valence-electron chi connectivity index (χ4n) is 3.42. The number of anilines is 2. The Labute approximate surface area is 200 Å². The number of alkyl halides is 4.